The second-order valence-electron chi connectivity index (χ2n) is 2.89. The van der Waals surface area contributed by atoms with Crippen molar-refractivity contribution in [1.82, 2.24) is 0 Å². The van der Waals surface area contributed by atoms with Crippen LogP contribution in [-0.4, -0.2) is 36.1 Å². The van der Waals surface area contributed by atoms with Crippen molar-refractivity contribution >= 4 is 77.0 Å². The van der Waals surface area contributed by atoms with E-state index in [-0.39, 0.29) is 6.61 Å². The summed E-state index contributed by atoms with van der Waals surface area (Å²) in [5, 5.41) is 19.3. The molecule has 0 rings (SSSR count). The molecule has 0 aromatic carbocycles. The van der Waals surface area contributed by atoms with E-state index in [4.69, 9.17) is 74.1 Å². The maximum atomic E-state index is 12.3. The molecule has 0 fully saturated rings. The van der Waals surface area contributed by atoms with Crippen LogP contribution in [0, 0.1) is 0 Å². The van der Waals surface area contributed by atoms with Gasteiger partial charge in [-0.15, -0.1) is 0 Å². The Morgan fingerprint density at radius 2 is 1.35 bits per heavy atom. The van der Waals surface area contributed by atoms with Crippen LogP contribution < -0.4 is 0 Å². The molecule has 0 saturated carbocycles. The Labute approximate surface area is 128 Å². The molecular weight excluding hydrogens is 380 g/mol. The second-order valence-corrected chi connectivity index (χ2v) is 10.2. The molecule has 2 N–H and O–H groups in total. The molecule has 2 atom stereocenters. The van der Waals surface area contributed by atoms with Gasteiger partial charge in [0.2, 0.25) is 7.59 Å². The summed E-state index contributed by atoms with van der Waals surface area (Å²) >= 11 is 32.3. The highest BCUT2D eigenvalue weighted by molar-refractivity contribution is 7.61. The van der Waals surface area contributed by atoms with Gasteiger partial charge in [0.15, 0.2) is 11.7 Å². The molecule has 2 unspecified atom stereocenters. The molecule has 0 amide bonds. The van der Waals surface area contributed by atoms with Crippen molar-refractivity contribution in [3.63, 3.8) is 0 Å². The lowest BCUT2D eigenvalue weighted by Crippen LogP contribution is -2.36. The molecule has 0 aromatic heterocycles. The first-order chi connectivity index (χ1) is 7.37. The average Bonchev–Trinajstić information content (AvgIpc) is 2.12. The maximum absolute atomic E-state index is 12.3. The van der Waals surface area contributed by atoms with Crippen molar-refractivity contribution in [1.29, 1.82) is 0 Å². The third kappa shape index (κ3) is 5.03. The Balaban J connectivity index is 5.40. The van der Waals surface area contributed by atoms with Crippen molar-refractivity contribution in [2.24, 2.45) is 0 Å². The molecule has 0 aliphatic rings. The number of aliphatic hydroxyl groups is 2. The summed E-state index contributed by atoms with van der Waals surface area (Å²) in [6.07, 6.45) is 0. The van der Waals surface area contributed by atoms with Gasteiger partial charge in [0.05, 0.1) is 6.61 Å². The van der Waals surface area contributed by atoms with Crippen LogP contribution in [0.5, 0.6) is 0 Å². The van der Waals surface area contributed by atoms with Crippen LogP contribution in [0.2, 0.25) is 0 Å². The van der Waals surface area contributed by atoms with Gasteiger partial charge in [0.25, 0.3) is 7.37 Å². The molecule has 0 bridgehead atoms. The number of hydrogen-bond donors (Lipinski definition) is 2. The molecule has 0 aliphatic heterocycles. The minimum atomic E-state index is -4.33. The average molecular weight is 389 g/mol. The summed E-state index contributed by atoms with van der Waals surface area (Å²) < 4.78 is 12.3. The van der Waals surface area contributed by atoms with Crippen molar-refractivity contribution in [2.75, 3.05) is 6.61 Å². The highest BCUT2D eigenvalue weighted by atomic mass is 35.6. The van der Waals surface area contributed by atoms with Crippen LogP contribution in [0.15, 0.2) is 0 Å². The van der Waals surface area contributed by atoms with Gasteiger partial charge < -0.3 is 14.7 Å². The highest BCUT2D eigenvalue weighted by Gasteiger charge is 2.56. The van der Waals surface area contributed by atoms with Crippen molar-refractivity contribution in [3.8, 4) is 0 Å². The van der Waals surface area contributed by atoms with E-state index in [1.165, 1.54) is 6.92 Å². The number of alkyl halides is 6. The van der Waals surface area contributed by atoms with Crippen LogP contribution in [0.4, 0.5) is 0 Å². The summed E-state index contributed by atoms with van der Waals surface area (Å²) in [5.74, 6) is -4.27. The molecule has 11 heteroatoms. The summed E-state index contributed by atoms with van der Waals surface area (Å²) in [6.45, 7) is 1.30. The fourth-order valence-electron chi connectivity index (χ4n) is 0.885. The molecule has 0 heterocycles. The first kappa shape index (κ1) is 18.9. The number of rotatable bonds is 4. The molecule has 0 aromatic rings. The van der Waals surface area contributed by atoms with Gasteiger partial charge in [-0.25, -0.2) is 0 Å². The molecular formula is C6H9Cl6O4P. The Morgan fingerprint density at radius 1 is 1.06 bits per heavy atom. The van der Waals surface area contributed by atoms with Crippen LogP contribution in [0.3, 0.4) is 0 Å². The van der Waals surface area contributed by atoms with Gasteiger partial charge in [0.1, 0.15) is 0 Å². The predicted molar refractivity (Wildman–Crippen MR) is 71.8 cm³/mol. The van der Waals surface area contributed by atoms with Crippen molar-refractivity contribution in [3.05, 3.63) is 0 Å². The van der Waals surface area contributed by atoms with E-state index < -0.39 is 26.6 Å². The predicted octanol–water partition coefficient (Wildman–Crippen LogP) is 3.68. The number of hydrogen-bond acceptors (Lipinski definition) is 4. The van der Waals surface area contributed by atoms with Crippen LogP contribution in [0.25, 0.3) is 0 Å². The molecule has 0 saturated heterocycles. The van der Waals surface area contributed by atoms with E-state index in [1.807, 2.05) is 0 Å². The van der Waals surface area contributed by atoms with Gasteiger partial charge in [0, 0.05) is 0 Å². The quantitative estimate of drug-likeness (QED) is 0.569. The van der Waals surface area contributed by atoms with Crippen LogP contribution >= 0.6 is 77.0 Å². The summed E-state index contributed by atoms with van der Waals surface area (Å²) in [4.78, 5) is 0. The normalized spacial score (nSPS) is 20.8. The summed E-state index contributed by atoms with van der Waals surface area (Å²) in [6, 6.07) is 0. The molecule has 104 valence electrons. The van der Waals surface area contributed by atoms with E-state index >= 15 is 0 Å². The fraction of sp³-hybridized carbons (Fsp3) is 1.00. The minimum Gasteiger partial charge on any atom is -0.379 e. The van der Waals surface area contributed by atoms with Gasteiger partial charge in [-0.05, 0) is 6.92 Å². The Kier molecular flexibility index (Phi) is 7.25. The minimum absolute atomic E-state index is 0.146. The summed E-state index contributed by atoms with van der Waals surface area (Å²) in [7, 11) is -4.33. The first-order valence-corrected chi connectivity index (χ1v) is 8.14. The Hall–Kier alpha value is 1.85. The van der Waals surface area contributed by atoms with Gasteiger partial charge in [-0.2, -0.15) is 0 Å². The van der Waals surface area contributed by atoms with Crippen molar-refractivity contribution < 1.29 is 19.3 Å². The lowest BCUT2D eigenvalue weighted by molar-refractivity contribution is 0.166. The maximum Gasteiger partial charge on any atom is 0.267 e. The van der Waals surface area contributed by atoms with Crippen LogP contribution in [0.1, 0.15) is 6.92 Å². The summed E-state index contributed by atoms with van der Waals surface area (Å²) in [5.41, 5.74) is 0. The van der Waals surface area contributed by atoms with E-state index in [0.29, 0.717) is 0 Å². The van der Waals surface area contributed by atoms with Gasteiger partial charge in [-0.3, -0.25) is 4.57 Å². The largest absolute Gasteiger partial charge is 0.379 e. The number of aliphatic hydroxyl groups excluding tert-OH is 2. The SMILES string of the molecule is CCOP(=O)(C(O)C(Cl)(Cl)Cl)C(O)C(Cl)(Cl)Cl. The van der Waals surface area contributed by atoms with E-state index in [0.717, 1.165) is 0 Å². The lowest BCUT2D eigenvalue weighted by Gasteiger charge is -2.33. The third-order valence-corrected chi connectivity index (χ3v) is 6.55. The monoisotopic (exact) mass is 386 g/mol. The topological polar surface area (TPSA) is 66.8 Å². The number of halogens is 6. The zero-order chi connectivity index (χ0) is 14.1. The molecule has 0 aliphatic carbocycles. The zero-order valence-electron chi connectivity index (χ0n) is 8.29. The first-order valence-electron chi connectivity index (χ1n) is 4.10. The Morgan fingerprint density at radius 3 is 1.53 bits per heavy atom. The smallest absolute Gasteiger partial charge is 0.267 e. The molecule has 4 nitrogen and oxygen atoms in total. The molecule has 0 radical (unpaired) electrons. The molecule has 0 spiro atoms. The lowest BCUT2D eigenvalue weighted by atomic mass is 10.8. The van der Waals surface area contributed by atoms with E-state index in [2.05, 4.69) is 0 Å². The fourth-order valence-corrected chi connectivity index (χ4v) is 5.10. The van der Waals surface area contributed by atoms with Crippen LogP contribution in [-0.2, 0) is 9.09 Å². The van der Waals surface area contributed by atoms with Crippen molar-refractivity contribution in [2.45, 2.75) is 26.2 Å². The second kappa shape index (κ2) is 6.53. The van der Waals surface area contributed by atoms with Gasteiger partial charge >= 0.3 is 0 Å². The third-order valence-electron chi connectivity index (χ3n) is 1.60. The standard InChI is InChI=1S/C6H9Cl6O4P/c1-2-16-17(15,3(13)5(7,8)9)4(14)6(10,11)12/h3-4,13-14H,2H2,1H3. The zero-order valence-corrected chi connectivity index (χ0v) is 13.7. The van der Waals surface area contributed by atoms with Gasteiger partial charge in [-0.1, -0.05) is 69.6 Å². The highest BCUT2D eigenvalue weighted by Crippen LogP contribution is 2.64. The Bertz CT molecular complexity index is 276. The molecule has 17 heavy (non-hydrogen) atoms. The van der Waals surface area contributed by atoms with E-state index in [9.17, 15) is 14.8 Å². The van der Waals surface area contributed by atoms with E-state index in [1.54, 1.807) is 0 Å².